The molecule has 1 amide bonds. The lowest BCUT2D eigenvalue weighted by molar-refractivity contribution is -0.122. The molecule has 0 aliphatic carbocycles. The van der Waals surface area contributed by atoms with Gasteiger partial charge in [-0.1, -0.05) is 73.4 Å². The molecule has 182 valence electrons. The van der Waals surface area contributed by atoms with Crippen molar-refractivity contribution in [3.05, 3.63) is 106 Å². The van der Waals surface area contributed by atoms with Crippen LogP contribution < -0.4 is 4.74 Å². The molecule has 0 N–H and O–H groups in total. The van der Waals surface area contributed by atoms with Crippen LogP contribution in [0.3, 0.4) is 0 Å². The minimum absolute atomic E-state index is 0.0908. The molecule has 1 aromatic heterocycles. The van der Waals surface area contributed by atoms with E-state index in [0.717, 1.165) is 39.8 Å². The van der Waals surface area contributed by atoms with Crippen molar-refractivity contribution in [2.45, 2.75) is 26.4 Å². The van der Waals surface area contributed by atoms with Crippen LogP contribution >= 0.6 is 24.0 Å². The van der Waals surface area contributed by atoms with Crippen LogP contribution in [0.5, 0.6) is 5.75 Å². The Morgan fingerprint density at radius 2 is 1.69 bits per heavy atom. The van der Waals surface area contributed by atoms with Gasteiger partial charge in [-0.05, 0) is 53.5 Å². The second-order valence-corrected chi connectivity index (χ2v) is 10.3. The fraction of sp³-hybridized carbons (Fsp3) is 0.172. The number of fused-ring (bicyclic) bond motifs is 1. The van der Waals surface area contributed by atoms with E-state index in [9.17, 15) is 9.18 Å². The fourth-order valence-electron chi connectivity index (χ4n) is 4.47. The molecule has 1 aliphatic rings. The maximum absolute atomic E-state index is 13.4. The molecular weight excluding hydrogens is 491 g/mol. The summed E-state index contributed by atoms with van der Waals surface area (Å²) >= 11 is 6.89. The summed E-state index contributed by atoms with van der Waals surface area (Å²) in [6.07, 6.45) is 4.90. The van der Waals surface area contributed by atoms with Crippen molar-refractivity contribution in [2.75, 3.05) is 7.11 Å². The number of hydrogen-bond acceptors (Lipinski definition) is 4. The Balaban J connectivity index is 1.48. The second kappa shape index (κ2) is 10.3. The molecule has 0 radical (unpaired) electrons. The van der Waals surface area contributed by atoms with Gasteiger partial charge in [0.25, 0.3) is 5.91 Å². The summed E-state index contributed by atoms with van der Waals surface area (Å²) < 4.78 is 21.4. The third kappa shape index (κ3) is 4.81. The van der Waals surface area contributed by atoms with Gasteiger partial charge < -0.3 is 9.30 Å². The van der Waals surface area contributed by atoms with Crippen molar-refractivity contribution in [1.29, 1.82) is 0 Å². The fourth-order valence-corrected chi connectivity index (χ4v) is 5.71. The first-order chi connectivity index (χ1) is 17.5. The van der Waals surface area contributed by atoms with Crippen LogP contribution in [0.4, 0.5) is 4.39 Å². The second-order valence-electron chi connectivity index (χ2n) is 8.62. The number of rotatable bonds is 7. The Labute approximate surface area is 219 Å². The first-order valence-electron chi connectivity index (χ1n) is 11.7. The first kappa shape index (κ1) is 24.3. The van der Waals surface area contributed by atoms with Crippen molar-refractivity contribution in [3.63, 3.8) is 0 Å². The van der Waals surface area contributed by atoms with Crippen LogP contribution in [0.2, 0.25) is 0 Å². The highest BCUT2D eigenvalue weighted by Crippen LogP contribution is 2.36. The Morgan fingerprint density at radius 1 is 1.00 bits per heavy atom. The van der Waals surface area contributed by atoms with Gasteiger partial charge in [0.15, 0.2) is 0 Å². The molecule has 1 fully saturated rings. The normalized spacial score (nSPS) is 14.9. The molecule has 0 spiro atoms. The van der Waals surface area contributed by atoms with E-state index in [4.69, 9.17) is 17.0 Å². The number of hydrogen-bond donors (Lipinski definition) is 0. The number of amides is 1. The topological polar surface area (TPSA) is 34.5 Å². The molecule has 1 saturated heterocycles. The Morgan fingerprint density at radius 3 is 2.39 bits per heavy atom. The minimum atomic E-state index is -0.247. The number of benzene rings is 3. The number of halogens is 1. The molecule has 0 saturated carbocycles. The molecule has 1 aliphatic heterocycles. The predicted molar refractivity (Wildman–Crippen MR) is 149 cm³/mol. The summed E-state index contributed by atoms with van der Waals surface area (Å²) in [4.78, 5) is 15.6. The quantitative estimate of drug-likeness (QED) is 0.200. The zero-order valence-corrected chi connectivity index (χ0v) is 21.7. The standard InChI is InChI=1S/C29H25FN2O2S2/c1-3-21-5-4-6-25-22(18-31(27(21)25)16-19-7-11-23(30)12-8-19)15-26-28(33)32(29(35)36-26)17-20-9-13-24(34-2)14-10-20/h4-15,18H,3,16-17H2,1-2H3/b26-15-. The molecule has 5 rings (SSSR count). The summed E-state index contributed by atoms with van der Waals surface area (Å²) in [6.45, 7) is 3.16. The lowest BCUT2D eigenvalue weighted by atomic mass is 10.1. The number of aromatic nitrogens is 1. The third-order valence-corrected chi connectivity index (χ3v) is 7.70. The van der Waals surface area contributed by atoms with E-state index in [1.807, 2.05) is 30.3 Å². The number of carbonyl (C=O) groups is 1. The molecule has 4 nitrogen and oxygen atoms in total. The zero-order valence-electron chi connectivity index (χ0n) is 20.0. The highest BCUT2D eigenvalue weighted by molar-refractivity contribution is 8.26. The summed E-state index contributed by atoms with van der Waals surface area (Å²) in [6, 6.07) is 20.5. The molecule has 36 heavy (non-hydrogen) atoms. The van der Waals surface area contributed by atoms with Gasteiger partial charge in [0, 0.05) is 23.7 Å². The van der Waals surface area contributed by atoms with E-state index < -0.39 is 0 Å². The van der Waals surface area contributed by atoms with Crippen LogP contribution in [0.15, 0.2) is 77.8 Å². The van der Waals surface area contributed by atoms with Gasteiger partial charge in [-0.2, -0.15) is 0 Å². The number of carbonyl (C=O) groups excluding carboxylic acids is 1. The average Bonchev–Trinajstić information content (AvgIpc) is 3.37. The minimum Gasteiger partial charge on any atom is -0.497 e. The number of methoxy groups -OCH3 is 1. The summed E-state index contributed by atoms with van der Waals surface area (Å²) in [5.41, 5.74) is 5.31. The summed E-state index contributed by atoms with van der Waals surface area (Å²) in [7, 11) is 1.63. The molecule has 0 unspecified atom stereocenters. The zero-order chi connectivity index (χ0) is 25.2. The molecule has 7 heteroatoms. The highest BCUT2D eigenvalue weighted by Gasteiger charge is 2.32. The number of thiocarbonyl (C=S) groups is 1. The Hall–Kier alpha value is -3.42. The van der Waals surface area contributed by atoms with Gasteiger partial charge in [-0.25, -0.2) is 4.39 Å². The Bertz CT molecular complexity index is 1470. The van der Waals surface area contributed by atoms with Crippen LogP contribution in [0, 0.1) is 5.82 Å². The Kier molecular flexibility index (Phi) is 6.94. The third-order valence-electron chi connectivity index (χ3n) is 6.32. The monoisotopic (exact) mass is 516 g/mol. The van der Waals surface area contributed by atoms with Gasteiger partial charge in [0.1, 0.15) is 15.9 Å². The molecule has 0 atom stereocenters. The van der Waals surface area contributed by atoms with Crippen molar-refractivity contribution in [3.8, 4) is 5.75 Å². The van der Waals surface area contributed by atoms with Gasteiger partial charge in [-0.15, -0.1) is 0 Å². The number of para-hydroxylation sites is 1. The number of aryl methyl sites for hydroxylation is 1. The van der Waals surface area contributed by atoms with Crippen molar-refractivity contribution >= 4 is 51.2 Å². The summed E-state index contributed by atoms with van der Waals surface area (Å²) in [5, 5.41) is 1.08. The predicted octanol–water partition coefficient (Wildman–Crippen LogP) is 6.80. The van der Waals surface area contributed by atoms with Crippen LogP contribution in [0.25, 0.3) is 17.0 Å². The SMILES string of the molecule is CCc1cccc2c(/C=C3\SC(=S)N(Cc4ccc(OC)cc4)C3=O)cn(Cc3ccc(F)cc3)c12. The van der Waals surface area contributed by atoms with Crippen LogP contribution in [0.1, 0.15) is 29.2 Å². The maximum atomic E-state index is 13.4. The van der Waals surface area contributed by atoms with Crippen LogP contribution in [-0.2, 0) is 24.3 Å². The van der Waals surface area contributed by atoms with Crippen molar-refractivity contribution in [1.82, 2.24) is 9.47 Å². The van der Waals surface area contributed by atoms with E-state index in [2.05, 4.69) is 35.9 Å². The molecule has 3 aromatic carbocycles. The lowest BCUT2D eigenvalue weighted by Gasteiger charge is -2.14. The first-order valence-corrected chi connectivity index (χ1v) is 12.9. The van der Waals surface area contributed by atoms with Crippen LogP contribution in [-0.4, -0.2) is 26.8 Å². The molecule has 0 bridgehead atoms. The van der Waals surface area contributed by atoms with Crippen molar-refractivity contribution in [2.24, 2.45) is 0 Å². The van der Waals surface area contributed by atoms with E-state index in [1.165, 1.54) is 29.5 Å². The van der Waals surface area contributed by atoms with Crippen molar-refractivity contribution < 1.29 is 13.9 Å². The smallest absolute Gasteiger partial charge is 0.266 e. The average molecular weight is 517 g/mol. The van der Waals surface area contributed by atoms with E-state index in [-0.39, 0.29) is 11.7 Å². The molecule has 2 heterocycles. The van der Waals surface area contributed by atoms with E-state index >= 15 is 0 Å². The molecular formula is C29H25FN2O2S2. The number of ether oxygens (including phenoxy) is 1. The largest absolute Gasteiger partial charge is 0.497 e. The maximum Gasteiger partial charge on any atom is 0.266 e. The van der Waals surface area contributed by atoms with E-state index in [0.29, 0.717) is 22.3 Å². The molecule has 4 aromatic rings. The van der Waals surface area contributed by atoms with Gasteiger partial charge >= 0.3 is 0 Å². The summed E-state index contributed by atoms with van der Waals surface area (Å²) in [5.74, 6) is 0.433. The number of thioether (sulfide) groups is 1. The van der Waals surface area contributed by atoms with Gasteiger partial charge in [-0.3, -0.25) is 9.69 Å². The van der Waals surface area contributed by atoms with Gasteiger partial charge in [0.05, 0.1) is 24.1 Å². The number of nitrogens with zero attached hydrogens (tertiary/aromatic N) is 2. The van der Waals surface area contributed by atoms with Gasteiger partial charge in [0.2, 0.25) is 0 Å². The lowest BCUT2D eigenvalue weighted by Crippen LogP contribution is -2.27. The van der Waals surface area contributed by atoms with E-state index in [1.54, 1.807) is 24.1 Å². The highest BCUT2D eigenvalue weighted by atomic mass is 32.2.